The summed E-state index contributed by atoms with van der Waals surface area (Å²) < 4.78 is 6.65. The molecule has 9 nitrogen and oxygen atoms in total. The second-order valence-electron chi connectivity index (χ2n) is 5.08. The fourth-order valence-electron chi connectivity index (χ4n) is 2.43. The van der Waals surface area contributed by atoms with Gasteiger partial charge in [-0.3, -0.25) is 4.79 Å². The molecule has 118 valence electrons. The van der Waals surface area contributed by atoms with Gasteiger partial charge in [0, 0.05) is 0 Å². The lowest BCUT2D eigenvalue weighted by molar-refractivity contribution is -0.122. The topological polar surface area (TPSA) is 127 Å². The van der Waals surface area contributed by atoms with Crippen LogP contribution in [0.5, 0.6) is 5.75 Å². The summed E-state index contributed by atoms with van der Waals surface area (Å²) in [6.45, 7) is -0.0365. The first kappa shape index (κ1) is 15.0. The molecule has 1 aromatic carbocycles. The van der Waals surface area contributed by atoms with Crippen LogP contribution in [0.2, 0.25) is 0 Å². The maximum atomic E-state index is 12.0. The minimum atomic E-state index is -1.33. The molecule has 1 aliphatic rings. The second kappa shape index (κ2) is 6.09. The maximum Gasteiger partial charge on any atom is 0.547 e. The van der Waals surface area contributed by atoms with E-state index in [9.17, 15) is 14.6 Å². The fourth-order valence-corrected chi connectivity index (χ4v) is 2.43. The van der Waals surface area contributed by atoms with Crippen LogP contribution in [-0.4, -0.2) is 49.8 Å². The highest BCUT2D eigenvalue weighted by Crippen LogP contribution is 2.30. The largest absolute Gasteiger partial charge is 0.547 e. The zero-order valence-corrected chi connectivity index (χ0v) is 11.9. The molecule has 1 amide bonds. The van der Waals surface area contributed by atoms with E-state index in [-0.39, 0.29) is 30.2 Å². The number of carbonyl (C=O) groups excluding carboxylic acids is 1. The molecule has 3 rings (SSSR count). The van der Waals surface area contributed by atoms with Crippen LogP contribution in [0.4, 0.5) is 0 Å². The number of aromatic nitrogens is 3. The Balaban J connectivity index is 1.72. The van der Waals surface area contributed by atoms with Gasteiger partial charge in [0.15, 0.2) is 0 Å². The molecule has 2 aromatic rings. The number of nitrogens with zero attached hydrogens (tertiary/aromatic N) is 3. The van der Waals surface area contributed by atoms with Crippen molar-refractivity contribution in [1.29, 1.82) is 0 Å². The number of carboxylic acid groups (broad SMARTS) is 1. The second-order valence-corrected chi connectivity index (χ2v) is 5.08. The Labute approximate surface area is 131 Å². The zero-order chi connectivity index (χ0) is 16.4. The Morgan fingerprint density at radius 2 is 2.30 bits per heavy atom. The SMILES string of the molecule is O=C(Cn1cncn1)NC1Cc2cccc(C(=O)O)c2OB1O. The molecule has 1 atom stereocenters. The Bertz CT molecular complexity index is 736. The fraction of sp³-hybridized carbons (Fsp3) is 0.231. The number of amides is 1. The van der Waals surface area contributed by atoms with Crippen molar-refractivity contribution in [1.82, 2.24) is 20.1 Å². The molecule has 0 spiro atoms. The molecule has 0 saturated heterocycles. The van der Waals surface area contributed by atoms with Gasteiger partial charge in [-0.15, -0.1) is 0 Å². The molecular formula is C13H13BN4O5. The number of benzene rings is 1. The van der Waals surface area contributed by atoms with Gasteiger partial charge in [0.1, 0.15) is 24.9 Å². The number of nitrogens with one attached hydrogen (secondary N) is 1. The van der Waals surface area contributed by atoms with Crippen molar-refractivity contribution in [3.05, 3.63) is 42.0 Å². The molecule has 3 N–H and O–H groups in total. The predicted octanol–water partition coefficient (Wildman–Crippen LogP) is -0.884. The van der Waals surface area contributed by atoms with Crippen molar-refractivity contribution in [3.8, 4) is 5.75 Å². The number of para-hydroxylation sites is 1. The smallest absolute Gasteiger partial charge is 0.534 e. The average Bonchev–Trinajstić information content (AvgIpc) is 3.00. The summed E-state index contributed by atoms with van der Waals surface area (Å²) in [6.07, 6.45) is 2.98. The lowest BCUT2D eigenvalue weighted by Crippen LogP contribution is -2.53. The molecule has 1 unspecified atom stereocenters. The molecule has 0 radical (unpaired) electrons. The summed E-state index contributed by atoms with van der Waals surface area (Å²) in [5.41, 5.74) is 0.593. The number of carbonyl (C=O) groups is 2. The third-order valence-electron chi connectivity index (χ3n) is 3.47. The highest BCUT2D eigenvalue weighted by Gasteiger charge is 2.37. The van der Waals surface area contributed by atoms with Crippen molar-refractivity contribution in [2.75, 3.05) is 0 Å². The summed E-state index contributed by atoms with van der Waals surface area (Å²) >= 11 is 0. The summed E-state index contributed by atoms with van der Waals surface area (Å²) in [4.78, 5) is 26.9. The first-order chi connectivity index (χ1) is 11.0. The molecule has 1 aromatic heterocycles. The normalized spacial score (nSPS) is 16.4. The third-order valence-corrected chi connectivity index (χ3v) is 3.47. The Kier molecular flexibility index (Phi) is 3.98. The van der Waals surface area contributed by atoms with Crippen LogP contribution in [0, 0.1) is 0 Å². The monoisotopic (exact) mass is 316 g/mol. The van der Waals surface area contributed by atoms with Crippen LogP contribution in [0.25, 0.3) is 0 Å². The van der Waals surface area contributed by atoms with E-state index in [1.54, 1.807) is 12.1 Å². The van der Waals surface area contributed by atoms with E-state index in [4.69, 9.17) is 9.76 Å². The Morgan fingerprint density at radius 1 is 1.48 bits per heavy atom. The number of carboxylic acids is 1. The van der Waals surface area contributed by atoms with Crippen LogP contribution in [-0.2, 0) is 17.8 Å². The van der Waals surface area contributed by atoms with Gasteiger partial charge in [-0.05, 0) is 18.1 Å². The number of hydrogen-bond acceptors (Lipinski definition) is 6. The van der Waals surface area contributed by atoms with E-state index in [2.05, 4.69) is 15.4 Å². The molecule has 0 saturated carbocycles. The van der Waals surface area contributed by atoms with Crippen LogP contribution in [0.15, 0.2) is 30.9 Å². The zero-order valence-electron chi connectivity index (χ0n) is 11.9. The van der Waals surface area contributed by atoms with Crippen LogP contribution in [0.3, 0.4) is 0 Å². The number of fused-ring (bicyclic) bond motifs is 1. The molecule has 10 heteroatoms. The van der Waals surface area contributed by atoms with Gasteiger partial charge in [-0.25, -0.2) is 14.5 Å². The van der Waals surface area contributed by atoms with Crippen molar-refractivity contribution >= 4 is 19.0 Å². The minimum absolute atomic E-state index is 0.0195. The quantitative estimate of drug-likeness (QED) is 0.625. The number of aromatic carboxylic acids is 1. The van der Waals surface area contributed by atoms with Gasteiger partial charge >= 0.3 is 13.1 Å². The highest BCUT2D eigenvalue weighted by atomic mass is 16.5. The van der Waals surface area contributed by atoms with Gasteiger partial charge in [0.25, 0.3) is 0 Å². The molecular weight excluding hydrogens is 303 g/mol. The molecule has 0 bridgehead atoms. The summed E-state index contributed by atoms with van der Waals surface area (Å²) in [7, 11) is -1.33. The number of hydrogen-bond donors (Lipinski definition) is 3. The van der Waals surface area contributed by atoms with Gasteiger partial charge in [0.2, 0.25) is 5.91 Å². The summed E-state index contributed by atoms with van der Waals surface area (Å²) in [5.74, 6) is -2.04. The predicted molar refractivity (Wildman–Crippen MR) is 77.7 cm³/mol. The van der Waals surface area contributed by atoms with Crippen LogP contribution >= 0.6 is 0 Å². The average molecular weight is 316 g/mol. The molecule has 0 aliphatic carbocycles. The van der Waals surface area contributed by atoms with Crippen LogP contribution < -0.4 is 9.97 Å². The Morgan fingerprint density at radius 3 is 3.00 bits per heavy atom. The highest BCUT2D eigenvalue weighted by molar-refractivity contribution is 6.47. The standard InChI is InChI=1S/C13H13BN4O5/c19-11(5-18-7-15-6-16-18)17-10-4-8-2-1-3-9(13(20)21)12(8)23-14(10)22/h1-3,6-7,10,22H,4-5H2,(H,17,19)(H,20,21). The maximum absolute atomic E-state index is 12.0. The van der Waals surface area contributed by atoms with Gasteiger partial charge < -0.3 is 20.1 Å². The van der Waals surface area contributed by atoms with Gasteiger partial charge in [-0.1, -0.05) is 12.1 Å². The van der Waals surface area contributed by atoms with Crippen molar-refractivity contribution < 1.29 is 24.4 Å². The van der Waals surface area contributed by atoms with E-state index in [1.165, 1.54) is 23.4 Å². The van der Waals surface area contributed by atoms with Crippen molar-refractivity contribution in [3.63, 3.8) is 0 Å². The van der Waals surface area contributed by atoms with E-state index in [0.29, 0.717) is 5.56 Å². The number of rotatable bonds is 4. The van der Waals surface area contributed by atoms with E-state index >= 15 is 0 Å². The minimum Gasteiger partial charge on any atom is -0.534 e. The van der Waals surface area contributed by atoms with E-state index in [1.807, 2.05) is 0 Å². The first-order valence-electron chi connectivity index (χ1n) is 6.86. The molecule has 1 aliphatic heterocycles. The lowest BCUT2D eigenvalue weighted by atomic mass is 9.72. The van der Waals surface area contributed by atoms with Crippen molar-refractivity contribution in [2.45, 2.75) is 18.9 Å². The van der Waals surface area contributed by atoms with Crippen molar-refractivity contribution in [2.24, 2.45) is 0 Å². The summed E-state index contributed by atoms with van der Waals surface area (Å²) in [6, 6.07) is 4.69. The Hall–Kier alpha value is -2.88. The third kappa shape index (κ3) is 3.16. The van der Waals surface area contributed by atoms with E-state index < -0.39 is 19.0 Å². The summed E-state index contributed by atoms with van der Waals surface area (Å²) in [5, 5.41) is 25.6. The lowest BCUT2D eigenvalue weighted by Gasteiger charge is -2.28. The molecule has 23 heavy (non-hydrogen) atoms. The van der Waals surface area contributed by atoms with Gasteiger partial charge in [-0.2, -0.15) is 5.10 Å². The molecule has 2 heterocycles. The van der Waals surface area contributed by atoms with E-state index in [0.717, 1.165) is 0 Å². The first-order valence-corrected chi connectivity index (χ1v) is 6.86. The van der Waals surface area contributed by atoms with Crippen LogP contribution in [0.1, 0.15) is 15.9 Å². The van der Waals surface area contributed by atoms with Gasteiger partial charge in [0.05, 0.1) is 11.5 Å². The molecule has 0 fully saturated rings.